The third-order valence-corrected chi connectivity index (χ3v) is 9.23. The van der Waals surface area contributed by atoms with Crippen LogP contribution in [0.4, 0.5) is 0 Å². The lowest BCUT2D eigenvalue weighted by molar-refractivity contribution is -0.311. The predicted molar refractivity (Wildman–Crippen MR) is 172 cm³/mol. The Bertz CT molecular complexity index is 544. The van der Waals surface area contributed by atoms with Gasteiger partial charge in [-0.3, -0.25) is 0 Å². The Labute approximate surface area is 247 Å². The van der Waals surface area contributed by atoms with E-state index in [0.717, 1.165) is 36.5 Å². The minimum absolute atomic E-state index is 0.331. The number of unbranched alkanes of at least 4 members (excludes halogenated alkanes) is 13. The van der Waals surface area contributed by atoms with Crippen molar-refractivity contribution < 1.29 is 9.90 Å². The van der Waals surface area contributed by atoms with Crippen LogP contribution in [0.25, 0.3) is 0 Å². The van der Waals surface area contributed by atoms with Crippen LogP contribution < -0.4 is 5.11 Å². The van der Waals surface area contributed by atoms with Gasteiger partial charge in [-0.25, -0.2) is 0 Å². The zero-order chi connectivity index (χ0) is 29.5. The number of rotatable bonds is 28. The summed E-state index contributed by atoms with van der Waals surface area (Å²) in [4.78, 5) is 11.0. The summed E-state index contributed by atoms with van der Waals surface area (Å²) >= 11 is 0. The molecule has 0 saturated heterocycles. The lowest BCUT2D eigenvalue weighted by Crippen LogP contribution is -2.30. The monoisotopic (exact) mass is 550 g/mol. The lowest BCUT2D eigenvalue weighted by Gasteiger charge is -2.26. The molecule has 0 amide bonds. The Morgan fingerprint density at radius 2 is 0.718 bits per heavy atom. The van der Waals surface area contributed by atoms with E-state index in [0.29, 0.717) is 11.8 Å². The van der Waals surface area contributed by atoms with Crippen molar-refractivity contribution in [3.63, 3.8) is 0 Å². The van der Waals surface area contributed by atoms with Crippen molar-refractivity contribution in [2.75, 3.05) is 0 Å². The average molecular weight is 550 g/mol. The maximum Gasteiger partial charge on any atom is 0.0442 e. The topological polar surface area (TPSA) is 40.1 Å². The molecule has 0 saturated carbocycles. The molecule has 0 aliphatic carbocycles. The summed E-state index contributed by atoms with van der Waals surface area (Å²) in [5, 5.41) is 11.0. The van der Waals surface area contributed by atoms with E-state index in [1.165, 1.54) is 122 Å². The quantitative estimate of drug-likeness (QED) is 0.0910. The summed E-state index contributed by atoms with van der Waals surface area (Å²) in [5.41, 5.74) is 0. The van der Waals surface area contributed by atoms with Crippen LogP contribution >= 0.6 is 0 Å². The highest BCUT2D eigenvalue weighted by Gasteiger charge is 2.18. The second-order valence-corrected chi connectivity index (χ2v) is 14.7. The molecule has 39 heavy (non-hydrogen) atoms. The normalized spacial score (nSPS) is 17.3. The molecule has 0 radical (unpaired) electrons. The van der Waals surface area contributed by atoms with Gasteiger partial charge in [-0.2, -0.15) is 0 Å². The summed E-state index contributed by atoms with van der Waals surface area (Å²) in [6.07, 6.45) is 28.9. The molecule has 0 bridgehead atoms. The maximum atomic E-state index is 11.0. The first-order valence-electron chi connectivity index (χ1n) is 17.8. The molecule has 7 atom stereocenters. The van der Waals surface area contributed by atoms with E-state index in [9.17, 15) is 9.90 Å². The first kappa shape index (κ1) is 38.5. The maximum absolute atomic E-state index is 11.0. The molecule has 0 fully saturated rings. The summed E-state index contributed by atoms with van der Waals surface area (Å²) in [5.74, 6) is 3.14. The number of carboxylic acids is 1. The minimum Gasteiger partial charge on any atom is -0.550 e. The smallest absolute Gasteiger partial charge is 0.0442 e. The molecular weight excluding hydrogens is 476 g/mol. The van der Waals surface area contributed by atoms with Gasteiger partial charge in [-0.05, 0) is 80.0 Å². The molecule has 0 rings (SSSR count). The van der Waals surface area contributed by atoms with Crippen molar-refractivity contribution in [2.24, 2.45) is 41.4 Å². The number of aliphatic carboxylic acids is 1. The van der Waals surface area contributed by atoms with E-state index >= 15 is 0 Å². The molecule has 0 unspecified atom stereocenters. The van der Waals surface area contributed by atoms with Crippen LogP contribution in [0.3, 0.4) is 0 Å². The molecule has 0 aromatic rings. The summed E-state index contributed by atoms with van der Waals surface area (Å²) < 4.78 is 0. The second-order valence-electron chi connectivity index (χ2n) is 14.7. The molecule has 2 heteroatoms. The van der Waals surface area contributed by atoms with E-state index in [-0.39, 0.29) is 5.92 Å². The highest BCUT2D eigenvalue weighted by molar-refractivity contribution is 5.66. The highest BCUT2D eigenvalue weighted by Crippen LogP contribution is 2.30. The standard InChI is InChI=1S/C37H74O2/c1-9-10-11-12-13-14-15-16-17-18-19-20-21-22-23-30(2)24-31(3)25-32(4)26-33(5)27-34(6)28-35(7)29-36(8)37(38)39/h30-36H,9-29H2,1-8H3,(H,38,39)/p-1/t30-,31-,32-,33-,34-,35-,36-/m0/s1. The fourth-order valence-corrected chi connectivity index (χ4v) is 7.42. The third kappa shape index (κ3) is 24.9. The van der Waals surface area contributed by atoms with Gasteiger partial charge in [0.15, 0.2) is 0 Å². The first-order valence-corrected chi connectivity index (χ1v) is 17.8. The van der Waals surface area contributed by atoms with Crippen LogP contribution in [0.1, 0.15) is 190 Å². The van der Waals surface area contributed by atoms with E-state index < -0.39 is 5.97 Å². The first-order chi connectivity index (χ1) is 18.5. The van der Waals surface area contributed by atoms with Gasteiger partial charge in [0.25, 0.3) is 0 Å². The van der Waals surface area contributed by atoms with Gasteiger partial charge < -0.3 is 9.90 Å². The number of hydrogen-bond acceptors (Lipinski definition) is 2. The van der Waals surface area contributed by atoms with Crippen molar-refractivity contribution in [3.8, 4) is 0 Å². The van der Waals surface area contributed by atoms with Crippen molar-refractivity contribution in [2.45, 2.75) is 190 Å². The Balaban J connectivity index is 3.77. The molecule has 0 aromatic carbocycles. The van der Waals surface area contributed by atoms with E-state index in [1.807, 2.05) is 0 Å². The second kappa shape index (κ2) is 25.2. The van der Waals surface area contributed by atoms with E-state index in [2.05, 4.69) is 48.5 Å². The number of carboxylic acid groups (broad SMARTS) is 1. The molecule has 0 heterocycles. The van der Waals surface area contributed by atoms with Crippen LogP contribution in [-0.2, 0) is 4.79 Å². The predicted octanol–water partition coefficient (Wildman–Crippen LogP) is 11.4. The molecule has 0 aliphatic rings. The summed E-state index contributed by atoms with van der Waals surface area (Å²) in [6.45, 7) is 18.5. The zero-order valence-electron chi connectivity index (χ0n) is 28.2. The third-order valence-electron chi connectivity index (χ3n) is 9.23. The number of carbonyl (C=O) groups excluding carboxylic acids is 1. The van der Waals surface area contributed by atoms with Crippen molar-refractivity contribution in [3.05, 3.63) is 0 Å². The number of hydrogen-bond donors (Lipinski definition) is 0. The Kier molecular flexibility index (Phi) is 24.9. The van der Waals surface area contributed by atoms with Crippen LogP contribution in [-0.4, -0.2) is 5.97 Å². The van der Waals surface area contributed by atoms with Crippen molar-refractivity contribution in [1.82, 2.24) is 0 Å². The van der Waals surface area contributed by atoms with Gasteiger partial charge in [0.05, 0.1) is 0 Å². The average Bonchev–Trinajstić information content (AvgIpc) is 2.83. The number of carbonyl (C=O) groups is 1. The van der Waals surface area contributed by atoms with E-state index in [1.54, 1.807) is 6.92 Å². The van der Waals surface area contributed by atoms with Gasteiger partial charge >= 0.3 is 0 Å². The van der Waals surface area contributed by atoms with Gasteiger partial charge in [0.2, 0.25) is 0 Å². The fourth-order valence-electron chi connectivity index (χ4n) is 7.42. The van der Waals surface area contributed by atoms with E-state index in [4.69, 9.17) is 0 Å². The SMILES string of the molecule is CCCCCCCCCCCCCCCC[C@H](C)C[C@H](C)C[C@H](C)C[C@H](C)C[C@H](C)C[C@H](C)C[C@H](C)C(=O)[O-]. The van der Waals surface area contributed by atoms with Crippen molar-refractivity contribution >= 4 is 5.97 Å². The zero-order valence-corrected chi connectivity index (χ0v) is 28.2. The van der Waals surface area contributed by atoms with Crippen LogP contribution in [0.5, 0.6) is 0 Å². The molecule has 0 spiro atoms. The van der Waals surface area contributed by atoms with Crippen molar-refractivity contribution in [1.29, 1.82) is 0 Å². The van der Waals surface area contributed by atoms with Crippen LogP contribution in [0.2, 0.25) is 0 Å². The molecule has 0 N–H and O–H groups in total. The Morgan fingerprint density at radius 1 is 0.436 bits per heavy atom. The molecule has 0 aliphatic heterocycles. The molecule has 0 aromatic heterocycles. The fraction of sp³-hybridized carbons (Fsp3) is 0.973. The molecule has 2 nitrogen and oxygen atoms in total. The van der Waals surface area contributed by atoms with Gasteiger partial charge in [-0.15, -0.1) is 0 Å². The van der Waals surface area contributed by atoms with Gasteiger partial charge in [0, 0.05) is 5.97 Å². The van der Waals surface area contributed by atoms with Gasteiger partial charge in [-0.1, -0.05) is 152 Å². The molecule has 234 valence electrons. The lowest BCUT2D eigenvalue weighted by atomic mass is 9.81. The minimum atomic E-state index is -0.903. The summed E-state index contributed by atoms with van der Waals surface area (Å²) in [7, 11) is 0. The Morgan fingerprint density at radius 3 is 1.05 bits per heavy atom. The largest absolute Gasteiger partial charge is 0.550 e. The summed E-state index contributed by atoms with van der Waals surface area (Å²) in [6, 6.07) is 0. The highest BCUT2D eigenvalue weighted by atomic mass is 16.4. The van der Waals surface area contributed by atoms with Crippen LogP contribution in [0, 0.1) is 41.4 Å². The molecular formula is C37H73O2-. The van der Waals surface area contributed by atoms with Crippen LogP contribution in [0.15, 0.2) is 0 Å². The Hall–Kier alpha value is -0.530. The van der Waals surface area contributed by atoms with Gasteiger partial charge in [0.1, 0.15) is 0 Å².